The molecule has 7 nitrogen and oxygen atoms in total. The molecule has 2 heterocycles. The van der Waals surface area contributed by atoms with Gasteiger partial charge in [-0.2, -0.15) is 0 Å². The van der Waals surface area contributed by atoms with Gasteiger partial charge in [0.1, 0.15) is 17.4 Å². The number of amides is 1. The first-order valence-electron chi connectivity index (χ1n) is 3.44. The fraction of sp³-hybridized carbons (Fsp3) is 0. The fourth-order valence-electron chi connectivity index (χ4n) is 1.08. The molecule has 2 aromatic rings. The maximum atomic E-state index is 10.9. The summed E-state index contributed by atoms with van der Waals surface area (Å²) in [5.74, 6) is -0.574. The van der Waals surface area contributed by atoms with E-state index >= 15 is 0 Å². The first-order valence-corrected chi connectivity index (χ1v) is 3.44. The highest BCUT2D eigenvalue weighted by atomic mass is 16.1. The number of nitrogen functional groups attached to an aromatic ring is 1. The van der Waals surface area contributed by atoms with E-state index in [4.69, 9.17) is 11.5 Å². The Bertz CT molecular complexity index is 475. The molecular weight excluding hydrogens is 172 g/mol. The number of primary amides is 1. The van der Waals surface area contributed by atoms with E-state index in [9.17, 15) is 4.79 Å². The molecule has 4 N–H and O–H groups in total. The predicted molar refractivity (Wildman–Crippen MR) is 43.7 cm³/mol. The maximum Gasteiger partial charge on any atom is 0.254 e. The molecule has 0 spiro atoms. The van der Waals surface area contributed by atoms with Crippen LogP contribution in [0, 0.1) is 0 Å². The van der Waals surface area contributed by atoms with Gasteiger partial charge in [-0.25, -0.2) is 4.98 Å². The maximum absolute atomic E-state index is 10.9. The molecule has 0 radical (unpaired) electrons. The van der Waals surface area contributed by atoms with Gasteiger partial charge in [0, 0.05) is 0 Å². The third-order valence-corrected chi connectivity index (χ3v) is 1.60. The van der Waals surface area contributed by atoms with Crippen molar-refractivity contribution in [1.29, 1.82) is 0 Å². The topological polar surface area (TPSA) is 112 Å². The highest BCUT2D eigenvalue weighted by molar-refractivity contribution is 6.03. The van der Waals surface area contributed by atoms with Gasteiger partial charge in [-0.15, -0.1) is 14.8 Å². The summed E-state index contributed by atoms with van der Waals surface area (Å²) in [6, 6.07) is 0. The van der Waals surface area contributed by atoms with Gasteiger partial charge in [0.05, 0.1) is 6.20 Å². The Hall–Kier alpha value is -2.18. The summed E-state index contributed by atoms with van der Waals surface area (Å²) < 4.78 is 1.21. The van der Waals surface area contributed by atoms with Gasteiger partial charge < -0.3 is 11.5 Å². The summed E-state index contributed by atoms with van der Waals surface area (Å²) in [6.45, 7) is 0. The van der Waals surface area contributed by atoms with Crippen molar-refractivity contribution < 1.29 is 4.79 Å². The summed E-state index contributed by atoms with van der Waals surface area (Å²) in [5.41, 5.74) is 11.1. The van der Waals surface area contributed by atoms with Crippen molar-refractivity contribution in [3.05, 3.63) is 18.1 Å². The van der Waals surface area contributed by atoms with Crippen LogP contribution < -0.4 is 11.5 Å². The van der Waals surface area contributed by atoms with Crippen molar-refractivity contribution in [2.75, 3.05) is 5.73 Å². The minimum absolute atomic E-state index is 0.0630. The Morgan fingerprint density at radius 3 is 3.00 bits per heavy atom. The van der Waals surface area contributed by atoms with Crippen molar-refractivity contribution in [1.82, 2.24) is 19.8 Å². The number of nitrogens with two attached hydrogens (primary N) is 2. The largest absolute Gasteiger partial charge is 0.381 e. The molecule has 7 heteroatoms. The van der Waals surface area contributed by atoms with E-state index in [1.807, 2.05) is 0 Å². The Kier molecular flexibility index (Phi) is 1.38. The van der Waals surface area contributed by atoms with Crippen molar-refractivity contribution in [2.45, 2.75) is 0 Å². The lowest BCUT2D eigenvalue weighted by atomic mass is 10.2. The molecule has 0 bridgehead atoms. The van der Waals surface area contributed by atoms with E-state index in [1.54, 1.807) is 0 Å². The zero-order valence-corrected chi connectivity index (χ0v) is 6.51. The molecule has 0 saturated carbocycles. The molecule has 0 aliphatic rings. The molecule has 0 aliphatic carbocycles. The molecule has 0 saturated heterocycles. The normalized spacial score (nSPS) is 10.5. The second kappa shape index (κ2) is 2.41. The van der Waals surface area contributed by atoms with Gasteiger partial charge in [-0.1, -0.05) is 0 Å². The SMILES string of the molecule is NC(=O)c1c(N)nn2ncncc12. The van der Waals surface area contributed by atoms with Gasteiger partial charge in [0.15, 0.2) is 5.82 Å². The second-order valence-electron chi connectivity index (χ2n) is 2.41. The van der Waals surface area contributed by atoms with Crippen molar-refractivity contribution in [3.8, 4) is 0 Å². The first-order chi connectivity index (χ1) is 6.20. The van der Waals surface area contributed by atoms with E-state index in [0.29, 0.717) is 5.52 Å². The van der Waals surface area contributed by atoms with Crippen LogP contribution in [0.3, 0.4) is 0 Å². The van der Waals surface area contributed by atoms with Gasteiger partial charge in [0.25, 0.3) is 5.91 Å². The van der Waals surface area contributed by atoms with Crippen molar-refractivity contribution >= 4 is 17.2 Å². The number of hydrogen-bond donors (Lipinski definition) is 2. The zero-order valence-electron chi connectivity index (χ0n) is 6.51. The fourth-order valence-corrected chi connectivity index (χ4v) is 1.08. The lowest BCUT2D eigenvalue weighted by Gasteiger charge is -1.90. The minimum atomic E-state index is -0.637. The highest BCUT2D eigenvalue weighted by Gasteiger charge is 2.15. The summed E-state index contributed by atoms with van der Waals surface area (Å²) in [4.78, 5) is 14.7. The highest BCUT2D eigenvalue weighted by Crippen LogP contribution is 2.14. The molecule has 2 aromatic heterocycles. The number of carbonyl (C=O) groups is 1. The summed E-state index contributed by atoms with van der Waals surface area (Å²) in [6.07, 6.45) is 2.72. The molecule has 0 aromatic carbocycles. The Balaban J connectivity index is 2.86. The van der Waals surface area contributed by atoms with Crippen LogP contribution >= 0.6 is 0 Å². The van der Waals surface area contributed by atoms with Crippen LogP contribution in [0.15, 0.2) is 12.5 Å². The quantitative estimate of drug-likeness (QED) is 0.569. The third-order valence-electron chi connectivity index (χ3n) is 1.60. The van der Waals surface area contributed by atoms with Gasteiger partial charge >= 0.3 is 0 Å². The molecule has 0 fully saturated rings. The number of rotatable bonds is 1. The Labute approximate surface area is 72.4 Å². The van der Waals surface area contributed by atoms with E-state index in [2.05, 4.69) is 15.2 Å². The molecule has 0 aliphatic heterocycles. The minimum Gasteiger partial charge on any atom is -0.381 e. The lowest BCUT2D eigenvalue weighted by molar-refractivity contribution is 0.100. The zero-order chi connectivity index (χ0) is 9.42. The number of fused-ring (bicyclic) bond motifs is 1. The lowest BCUT2D eigenvalue weighted by Crippen LogP contribution is -2.12. The molecule has 0 atom stereocenters. The molecular formula is C6H6N6O. The molecule has 1 amide bonds. The molecule has 66 valence electrons. The number of carbonyl (C=O) groups excluding carboxylic acids is 1. The summed E-state index contributed by atoms with van der Waals surface area (Å²) >= 11 is 0. The van der Waals surface area contributed by atoms with Gasteiger partial charge in [-0.05, 0) is 0 Å². The monoisotopic (exact) mass is 178 g/mol. The van der Waals surface area contributed by atoms with Crippen LogP contribution in [0.4, 0.5) is 5.82 Å². The van der Waals surface area contributed by atoms with Gasteiger partial charge in [-0.3, -0.25) is 4.79 Å². The van der Waals surface area contributed by atoms with E-state index in [-0.39, 0.29) is 11.4 Å². The van der Waals surface area contributed by atoms with Crippen LogP contribution in [-0.2, 0) is 0 Å². The van der Waals surface area contributed by atoms with Crippen LogP contribution in [0.5, 0.6) is 0 Å². The average Bonchev–Trinajstić information content (AvgIpc) is 2.39. The third kappa shape index (κ3) is 0.975. The molecule has 2 rings (SSSR count). The number of hydrogen-bond acceptors (Lipinski definition) is 5. The smallest absolute Gasteiger partial charge is 0.254 e. The Morgan fingerprint density at radius 2 is 2.31 bits per heavy atom. The number of nitrogens with zero attached hydrogens (tertiary/aromatic N) is 4. The predicted octanol–water partition coefficient (Wildman–Crippen LogP) is -1.19. The first kappa shape index (κ1) is 7.47. The van der Waals surface area contributed by atoms with Crippen molar-refractivity contribution in [2.24, 2.45) is 5.73 Å². The van der Waals surface area contributed by atoms with Crippen molar-refractivity contribution in [3.63, 3.8) is 0 Å². The van der Waals surface area contributed by atoms with Crippen LogP contribution in [0.2, 0.25) is 0 Å². The standard InChI is InChI=1S/C6H6N6O/c7-5-4(6(8)13)3-1-9-2-10-12(3)11-5/h1-2H,(H2,7,11)(H2,8,13). The Morgan fingerprint density at radius 1 is 1.54 bits per heavy atom. The van der Waals surface area contributed by atoms with Crippen LogP contribution in [0.25, 0.3) is 5.52 Å². The second-order valence-corrected chi connectivity index (χ2v) is 2.41. The average molecular weight is 178 g/mol. The van der Waals surface area contributed by atoms with E-state index < -0.39 is 5.91 Å². The van der Waals surface area contributed by atoms with Crippen LogP contribution in [0.1, 0.15) is 10.4 Å². The number of anilines is 1. The van der Waals surface area contributed by atoms with E-state index in [1.165, 1.54) is 17.2 Å². The van der Waals surface area contributed by atoms with E-state index in [0.717, 1.165) is 0 Å². The number of aromatic nitrogens is 4. The summed E-state index contributed by atoms with van der Waals surface area (Å²) in [5, 5.41) is 7.53. The molecule has 0 unspecified atom stereocenters. The van der Waals surface area contributed by atoms with Gasteiger partial charge in [0.2, 0.25) is 0 Å². The summed E-state index contributed by atoms with van der Waals surface area (Å²) in [7, 11) is 0. The molecule has 13 heavy (non-hydrogen) atoms. The van der Waals surface area contributed by atoms with Crippen LogP contribution in [-0.4, -0.2) is 25.7 Å².